The van der Waals surface area contributed by atoms with Gasteiger partial charge in [0.2, 0.25) is 0 Å². The molecule has 0 radical (unpaired) electrons. The molecular weight excluding hydrogens is 474 g/mol. The third kappa shape index (κ3) is 5.06. The SMILES string of the molecule is c1ccc(CN2[C@@H]3CCCC[C@H]3N(Cc3ccccc3)P2P(c2ccccc2)c2ccccc2)cc1. The van der Waals surface area contributed by atoms with Gasteiger partial charge in [0.1, 0.15) is 0 Å². The van der Waals surface area contributed by atoms with E-state index in [9.17, 15) is 0 Å². The van der Waals surface area contributed by atoms with Crippen molar-refractivity contribution in [2.24, 2.45) is 0 Å². The van der Waals surface area contributed by atoms with Crippen molar-refractivity contribution in [3.8, 4) is 0 Å². The minimum absolute atomic E-state index is 0.543. The van der Waals surface area contributed by atoms with Crippen LogP contribution in [0.5, 0.6) is 0 Å². The number of hydrogen-bond acceptors (Lipinski definition) is 2. The van der Waals surface area contributed by atoms with E-state index in [1.54, 1.807) is 0 Å². The maximum Gasteiger partial charge on any atom is 0.0755 e. The highest BCUT2D eigenvalue weighted by atomic mass is 32.1. The Labute approximate surface area is 218 Å². The standard InChI is InChI=1S/C32H34N2P2/c1-5-15-27(16-6-1)25-33-31-23-13-14-24-32(31)34(26-28-17-7-2-8-18-28)36(33)35(29-19-9-3-10-20-29)30-21-11-4-12-22-30/h1-12,15-22,31-32H,13-14,23-26H2/t31-,32-/m1/s1. The molecule has 182 valence electrons. The first kappa shape index (κ1) is 24.0. The van der Waals surface area contributed by atoms with E-state index < -0.39 is 15.5 Å². The first-order valence-corrected chi connectivity index (χ1v) is 16.5. The van der Waals surface area contributed by atoms with Crippen molar-refractivity contribution in [3.63, 3.8) is 0 Å². The predicted molar refractivity (Wildman–Crippen MR) is 156 cm³/mol. The van der Waals surface area contributed by atoms with E-state index in [1.165, 1.54) is 47.4 Å². The number of fused-ring (bicyclic) bond motifs is 1. The fourth-order valence-electron chi connectivity index (χ4n) is 5.83. The minimum atomic E-state index is -0.554. The zero-order chi connectivity index (χ0) is 24.2. The summed E-state index contributed by atoms with van der Waals surface area (Å²) < 4.78 is 5.92. The molecule has 0 N–H and O–H groups in total. The maximum atomic E-state index is 2.96. The Hall–Kier alpha value is -2.34. The van der Waals surface area contributed by atoms with Gasteiger partial charge >= 0.3 is 0 Å². The molecule has 2 fully saturated rings. The molecule has 0 spiro atoms. The van der Waals surface area contributed by atoms with Gasteiger partial charge < -0.3 is 0 Å². The number of benzene rings is 4. The highest BCUT2D eigenvalue weighted by Crippen LogP contribution is 2.76. The molecule has 36 heavy (non-hydrogen) atoms. The second kappa shape index (κ2) is 11.4. The monoisotopic (exact) mass is 508 g/mol. The molecule has 0 amide bonds. The summed E-state index contributed by atoms with van der Waals surface area (Å²) in [5.41, 5.74) is 2.87. The summed E-state index contributed by atoms with van der Waals surface area (Å²) in [6.45, 7) is 2.08. The molecule has 1 saturated carbocycles. The van der Waals surface area contributed by atoms with Gasteiger partial charge in [0.15, 0.2) is 0 Å². The van der Waals surface area contributed by atoms with Gasteiger partial charge in [-0.05, 0) is 34.6 Å². The molecule has 4 aromatic rings. The van der Waals surface area contributed by atoms with Crippen LogP contribution in [0, 0.1) is 0 Å². The fourth-order valence-corrected chi connectivity index (χ4v) is 14.4. The van der Waals surface area contributed by atoms with Gasteiger partial charge in [-0.3, -0.25) is 9.34 Å². The zero-order valence-electron chi connectivity index (χ0n) is 20.7. The third-order valence-electron chi connectivity index (χ3n) is 7.47. The quantitative estimate of drug-likeness (QED) is 0.236. The van der Waals surface area contributed by atoms with Crippen molar-refractivity contribution in [1.29, 1.82) is 0 Å². The zero-order valence-corrected chi connectivity index (χ0v) is 22.5. The van der Waals surface area contributed by atoms with E-state index >= 15 is 0 Å². The Kier molecular flexibility index (Phi) is 7.59. The van der Waals surface area contributed by atoms with Crippen molar-refractivity contribution in [2.45, 2.75) is 50.9 Å². The average Bonchev–Trinajstić information content (AvgIpc) is 3.24. The van der Waals surface area contributed by atoms with E-state index in [1.807, 2.05) is 0 Å². The molecule has 4 aromatic carbocycles. The second-order valence-electron chi connectivity index (χ2n) is 9.84. The van der Waals surface area contributed by atoms with Crippen molar-refractivity contribution in [3.05, 3.63) is 132 Å². The average molecular weight is 509 g/mol. The molecule has 0 aromatic heterocycles. The highest BCUT2D eigenvalue weighted by Gasteiger charge is 2.51. The number of nitrogens with zero attached hydrogens (tertiary/aromatic N) is 2. The fraction of sp³-hybridized carbons (Fsp3) is 0.250. The Bertz CT molecular complexity index is 1120. The van der Waals surface area contributed by atoms with Crippen LogP contribution in [0.1, 0.15) is 36.8 Å². The van der Waals surface area contributed by atoms with E-state index in [2.05, 4.69) is 131 Å². The van der Waals surface area contributed by atoms with Crippen LogP contribution in [-0.2, 0) is 13.1 Å². The minimum Gasteiger partial charge on any atom is -0.257 e. The van der Waals surface area contributed by atoms with Gasteiger partial charge in [-0.15, -0.1) is 0 Å². The lowest BCUT2D eigenvalue weighted by Gasteiger charge is -2.38. The maximum absolute atomic E-state index is 2.96. The van der Waals surface area contributed by atoms with Crippen LogP contribution in [0.2, 0.25) is 0 Å². The third-order valence-corrected chi connectivity index (χ3v) is 15.0. The lowest BCUT2D eigenvalue weighted by Crippen LogP contribution is -2.39. The number of hydrogen-bond donors (Lipinski definition) is 0. The largest absolute Gasteiger partial charge is 0.257 e. The van der Waals surface area contributed by atoms with Crippen LogP contribution in [0.25, 0.3) is 0 Å². The summed E-state index contributed by atoms with van der Waals surface area (Å²) >= 11 is 0. The van der Waals surface area contributed by atoms with Crippen LogP contribution in [0.3, 0.4) is 0 Å². The molecule has 2 nitrogen and oxygen atoms in total. The lowest BCUT2D eigenvalue weighted by molar-refractivity contribution is 0.197. The Morgan fingerprint density at radius 2 is 0.889 bits per heavy atom. The summed E-state index contributed by atoms with van der Waals surface area (Å²) in [5, 5.41) is 3.00. The molecule has 4 heteroatoms. The normalized spacial score (nSPS) is 21.0. The van der Waals surface area contributed by atoms with Gasteiger partial charge in [-0.1, -0.05) is 134 Å². The van der Waals surface area contributed by atoms with Gasteiger partial charge in [0.25, 0.3) is 0 Å². The summed E-state index contributed by atoms with van der Waals surface area (Å²) in [7, 11) is -1.10. The molecular formula is C32H34N2P2. The van der Waals surface area contributed by atoms with Gasteiger partial charge in [-0.25, -0.2) is 0 Å². The van der Waals surface area contributed by atoms with Crippen LogP contribution >= 0.6 is 15.5 Å². The Morgan fingerprint density at radius 1 is 0.528 bits per heavy atom. The van der Waals surface area contributed by atoms with Crippen LogP contribution in [0.4, 0.5) is 0 Å². The summed E-state index contributed by atoms with van der Waals surface area (Å²) in [5.74, 6) is 0. The van der Waals surface area contributed by atoms with Crippen LogP contribution in [-0.4, -0.2) is 21.4 Å². The molecule has 6 rings (SSSR count). The van der Waals surface area contributed by atoms with Crippen LogP contribution in [0.15, 0.2) is 121 Å². The topological polar surface area (TPSA) is 6.48 Å². The molecule has 1 saturated heterocycles. The van der Waals surface area contributed by atoms with Gasteiger partial charge in [-0.2, -0.15) is 0 Å². The first-order valence-electron chi connectivity index (χ1n) is 13.2. The molecule has 0 unspecified atom stereocenters. The summed E-state index contributed by atoms with van der Waals surface area (Å²) in [6, 6.07) is 46.4. The second-order valence-corrected chi connectivity index (χ2v) is 15.3. The highest BCUT2D eigenvalue weighted by molar-refractivity contribution is 8.34. The molecule has 1 aliphatic carbocycles. The van der Waals surface area contributed by atoms with Gasteiger partial charge in [0.05, 0.1) is 7.91 Å². The van der Waals surface area contributed by atoms with Crippen LogP contribution < -0.4 is 10.6 Å². The molecule has 0 bridgehead atoms. The van der Waals surface area contributed by atoms with Crippen molar-refractivity contribution in [2.75, 3.05) is 0 Å². The Balaban J connectivity index is 1.49. The van der Waals surface area contributed by atoms with E-state index in [4.69, 9.17) is 0 Å². The molecule has 2 aliphatic rings. The van der Waals surface area contributed by atoms with Crippen molar-refractivity contribution >= 4 is 26.1 Å². The van der Waals surface area contributed by atoms with E-state index in [0.29, 0.717) is 12.1 Å². The molecule has 1 aliphatic heterocycles. The first-order chi connectivity index (χ1) is 17.9. The number of rotatable bonds is 7. The summed E-state index contributed by atoms with van der Waals surface area (Å²) in [4.78, 5) is 0. The van der Waals surface area contributed by atoms with E-state index in [0.717, 1.165) is 13.1 Å². The van der Waals surface area contributed by atoms with Crippen molar-refractivity contribution in [1.82, 2.24) is 9.34 Å². The molecule has 2 atom stereocenters. The smallest absolute Gasteiger partial charge is 0.0755 e. The summed E-state index contributed by atoms with van der Waals surface area (Å²) in [6.07, 6.45) is 5.33. The predicted octanol–water partition coefficient (Wildman–Crippen LogP) is 7.68. The van der Waals surface area contributed by atoms with Crippen molar-refractivity contribution < 1.29 is 0 Å². The molecule has 1 heterocycles. The Morgan fingerprint density at radius 3 is 1.28 bits per heavy atom. The lowest BCUT2D eigenvalue weighted by atomic mass is 9.90. The van der Waals surface area contributed by atoms with Gasteiger partial charge in [0, 0.05) is 32.8 Å². The van der Waals surface area contributed by atoms with E-state index in [-0.39, 0.29) is 0 Å².